The van der Waals surface area contributed by atoms with Gasteiger partial charge in [0.1, 0.15) is 17.9 Å². The number of benzene rings is 2. The van der Waals surface area contributed by atoms with Crippen LogP contribution in [-0.4, -0.2) is 48.1 Å². The zero-order valence-corrected chi connectivity index (χ0v) is 27.2. The van der Waals surface area contributed by atoms with Crippen molar-refractivity contribution in [2.24, 2.45) is 45.7 Å². The number of guanidine groups is 1. The van der Waals surface area contributed by atoms with E-state index in [4.69, 9.17) is 28.3 Å². The van der Waals surface area contributed by atoms with E-state index in [0.29, 0.717) is 24.9 Å². The summed E-state index contributed by atoms with van der Waals surface area (Å²) in [6.07, 6.45) is 8.44. The summed E-state index contributed by atoms with van der Waals surface area (Å²) in [5.41, 5.74) is 26.3. The number of halogens is 1. The molecule has 1 saturated carbocycles. The summed E-state index contributed by atoms with van der Waals surface area (Å²) < 4.78 is 0. The maximum absolute atomic E-state index is 14.3. The maximum Gasteiger partial charge on any atom is 0.243 e. The highest BCUT2D eigenvalue weighted by molar-refractivity contribution is 5.95. The van der Waals surface area contributed by atoms with Gasteiger partial charge in [0.2, 0.25) is 17.7 Å². The Hall–Kier alpha value is -4.12. The third-order valence-electron chi connectivity index (χ3n) is 9.32. The lowest BCUT2D eigenvalue weighted by Crippen LogP contribution is -2.57. The van der Waals surface area contributed by atoms with E-state index >= 15 is 0 Å². The molecule has 3 amide bonds. The Morgan fingerprint density at radius 3 is 2.15 bits per heavy atom. The Balaban J connectivity index is 0.00000576. The summed E-state index contributed by atoms with van der Waals surface area (Å²) in [5, 5.41) is 13.7. The van der Waals surface area contributed by atoms with Crippen LogP contribution < -0.4 is 33.6 Å². The molecule has 2 aromatic rings. The number of carbonyl (C=O) groups is 3. The van der Waals surface area contributed by atoms with Crippen LogP contribution in [0.25, 0.3) is 0 Å². The van der Waals surface area contributed by atoms with Crippen molar-refractivity contribution in [3.05, 3.63) is 70.8 Å². The summed E-state index contributed by atoms with van der Waals surface area (Å²) in [7, 11) is 0. The number of rotatable bonds is 14. The van der Waals surface area contributed by atoms with E-state index in [1.54, 1.807) is 12.1 Å². The van der Waals surface area contributed by atoms with Gasteiger partial charge in [0, 0.05) is 18.0 Å². The molecule has 0 saturated heterocycles. The molecule has 11 nitrogen and oxygen atoms in total. The molecule has 1 fully saturated rings. The van der Waals surface area contributed by atoms with E-state index in [1.807, 2.05) is 24.3 Å². The Morgan fingerprint density at radius 1 is 0.848 bits per heavy atom. The lowest BCUT2D eigenvalue weighted by molar-refractivity contribution is -0.135. The standard InChI is InChI=1S/C34H48N8O3.ClH/c35-30(36)24-14-12-21(13-15-24)19-27(26-17-16-22-7-4-5-10-25(22)20-26)32(44)42-29(23-8-2-1-3-9-23)33(45)41-28(31(37)43)11-6-18-40-34(38)39;/h4-5,7,10,12-15,23,26-29H,1-3,6,8-9,11,16-20H2,(H3,35,36)(H2,37,43)(H,41,45)(H,42,44)(H4,38,39,40);1H/t26?,27-,28?,29-;/m0./s1. The number of nitrogens with one attached hydrogen (secondary N) is 3. The molecule has 2 aliphatic rings. The molecule has 2 aliphatic carbocycles. The largest absolute Gasteiger partial charge is 0.384 e. The van der Waals surface area contributed by atoms with Crippen molar-refractivity contribution in [3.63, 3.8) is 0 Å². The average molecular weight is 653 g/mol. The van der Waals surface area contributed by atoms with Crippen LogP contribution in [0.2, 0.25) is 0 Å². The van der Waals surface area contributed by atoms with E-state index in [9.17, 15) is 14.4 Å². The molecular weight excluding hydrogens is 604 g/mol. The molecule has 0 bridgehead atoms. The van der Waals surface area contributed by atoms with Gasteiger partial charge in [0.15, 0.2) is 5.96 Å². The first-order valence-electron chi connectivity index (χ1n) is 16.1. The molecule has 2 unspecified atom stereocenters. The number of aliphatic imine (C=N–C) groups is 1. The van der Waals surface area contributed by atoms with Crippen molar-refractivity contribution in [1.82, 2.24) is 10.6 Å². The van der Waals surface area contributed by atoms with E-state index in [1.165, 1.54) is 11.1 Å². The van der Waals surface area contributed by atoms with E-state index < -0.39 is 18.0 Å². The first-order chi connectivity index (χ1) is 21.6. The number of aryl methyl sites for hydroxylation is 1. The molecule has 2 aromatic carbocycles. The number of hydrogen-bond donors (Lipinski definition) is 7. The van der Waals surface area contributed by atoms with Crippen molar-refractivity contribution in [1.29, 1.82) is 5.41 Å². The highest BCUT2D eigenvalue weighted by atomic mass is 35.5. The van der Waals surface area contributed by atoms with Crippen LogP contribution in [-0.2, 0) is 33.6 Å². The van der Waals surface area contributed by atoms with E-state index in [2.05, 4.69) is 27.8 Å². The Bertz CT molecular complexity index is 1370. The summed E-state index contributed by atoms with van der Waals surface area (Å²) >= 11 is 0. The lowest BCUT2D eigenvalue weighted by atomic mass is 9.74. The minimum absolute atomic E-state index is 0. The highest BCUT2D eigenvalue weighted by Gasteiger charge is 2.37. The molecule has 4 atom stereocenters. The van der Waals surface area contributed by atoms with E-state index in [-0.39, 0.29) is 60.2 Å². The average Bonchev–Trinajstić information content (AvgIpc) is 3.03. The predicted molar refractivity (Wildman–Crippen MR) is 183 cm³/mol. The van der Waals surface area contributed by atoms with Crippen LogP contribution in [0.1, 0.15) is 73.6 Å². The van der Waals surface area contributed by atoms with Gasteiger partial charge in [0.25, 0.3) is 0 Å². The van der Waals surface area contributed by atoms with Crippen LogP contribution in [0.15, 0.2) is 53.5 Å². The molecule has 0 radical (unpaired) electrons. The Kier molecular flexibility index (Phi) is 13.9. The fourth-order valence-electron chi connectivity index (χ4n) is 6.79. The number of amides is 3. The van der Waals surface area contributed by atoms with Crippen LogP contribution in [0.3, 0.4) is 0 Å². The molecule has 46 heavy (non-hydrogen) atoms. The molecular formula is C34H49ClN8O3. The second-order valence-corrected chi connectivity index (χ2v) is 12.5. The number of amidine groups is 1. The maximum atomic E-state index is 14.3. The Labute approximate surface area is 277 Å². The number of fused-ring (bicyclic) bond motifs is 1. The van der Waals surface area contributed by atoms with Gasteiger partial charge < -0.3 is 33.6 Å². The van der Waals surface area contributed by atoms with Crippen LogP contribution in [0, 0.1) is 23.2 Å². The number of hydrogen-bond acceptors (Lipinski definition) is 5. The highest BCUT2D eigenvalue weighted by Crippen LogP contribution is 2.33. The molecule has 0 spiro atoms. The van der Waals surface area contributed by atoms with Gasteiger partial charge in [-0.15, -0.1) is 12.4 Å². The molecule has 250 valence electrons. The quantitative estimate of drug-likeness (QED) is 0.0923. The molecule has 12 heteroatoms. The van der Waals surface area contributed by atoms with Gasteiger partial charge in [-0.25, -0.2) is 0 Å². The molecule has 0 heterocycles. The van der Waals surface area contributed by atoms with Crippen molar-refractivity contribution >= 4 is 41.9 Å². The van der Waals surface area contributed by atoms with Gasteiger partial charge in [0.05, 0.1) is 0 Å². The molecule has 0 aliphatic heterocycles. The van der Waals surface area contributed by atoms with Crippen molar-refractivity contribution in [2.45, 2.75) is 82.7 Å². The third-order valence-corrected chi connectivity index (χ3v) is 9.32. The summed E-state index contributed by atoms with van der Waals surface area (Å²) in [4.78, 5) is 44.4. The fourth-order valence-corrected chi connectivity index (χ4v) is 6.79. The van der Waals surface area contributed by atoms with Gasteiger partial charge in [-0.05, 0) is 79.9 Å². The Morgan fingerprint density at radius 2 is 1.52 bits per heavy atom. The molecule has 0 aromatic heterocycles. The topological polar surface area (TPSA) is 216 Å². The van der Waals surface area contributed by atoms with Gasteiger partial charge in [-0.2, -0.15) is 0 Å². The van der Waals surface area contributed by atoms with Gasteiger partial charge in [-0.1, -0.05) is 67.8 Å². The minimum atomic E-state index is -0.903. The fraction of sp³-hybridized carbons (Fsp3) is 0.500. The van der Waals surface area contributed by atoms with Crippen molar-refractivity contribution < 1.29 is 14.4 Å². The number of nitrogens with zero attached hydrogens (tertiary/aromatic N) is 1. The second-order valence-electron chi connectivity index (χ2n) is 12.5. The third kappa shape index (κ3) is 10.2. The zero-order chi connectivity index (χ0) is 32.3. The summed E-state index contributed by atoms with van der Waals surface area (Å²) in [6.45, 7) is 0.310. The first kappa shape index (κ1) is 36.3. The van der Waals surface area contributed by atoms with Crippen LogP contribution in [0.4, 0.5) is 0 Å². The second kappa shape index (κ2) is 17.5. The normalized spacial score (nSPS) is 18.0. The smallest absolute Gasteiger partial charge is 0.243 e. The summed E-state index contributed by atoms with van der Waals surface area (Å²) in [5.74, 6) is -1.59. The summed E-state index contributed by atoms with van der Waals surface area (Å²) in [6, 6.07) is 14.1. The van der Waals surface area contributed by atoms with Gasteiger partial charge in [-0.3, -0.25) is 24.8 Å². The van der Waals surface area contributed by atoms with Crippen LogP contribution >= 0.6 is 12.4 Å². The predicted octanol–water partition coefficient (Wildman–Crippen LogP) is 2.45. The zero-order valence-electron chi connectivity index (χ0n) is 26.4. The van der Waals surface area contributed by atoms with Gasteiger partial charge >= 0.3 is 0 Å². The first-order valence-corrected chi connectivity index (χ1v) is 16.1. The molecule has 4 rings (SSSR count). The SMILES string of the molecule is Cl.N=C(N)c1ccc(C[C@H](C(=O)N[C@H](C(=O)NC(CCCN=C(N)N)C(N)=O)C2CCCCC2)C2CCc3ccccc3C2)cc1. The van der Waals surface area contributed by atoms with Crippen LogP contribution in [0.5, 0.6) is 0 Å². The molecule has 11 N–H and O–H groups in total. The number of carbonyl (C=O) groups excluding carboxylic acids is 3. The number of nitrogen functional groups attached to an aromatic ring is 1. The number of nitrogens with two attached hydrogens (primary N) is 4. The van der Waals surface area contributed by atoms with Crippen molar-refractivity contribution in [3.8, 4) is 0 Å². The van der Waals surface area contributed by atoms with Crippen molar-refractivity contribution in [2.75, 3.05) is 6.54 Å². The monoisotopic (exact) mass is 652 g/mol. The lowest BCUT2D eigenvalue weighted by Gasteiger charge is -2.35. The number of primary amides is 1. The minimum Gasteiger partial charge on any atom is -0.384 e. The van der Waals surface area contributed by atoms with E-state index in [0.717, 1.165) is 56.9 Å².